The molecule has 0 saturated carbocycles. The number of thioether (sulfide) groups is 1. The minimum atomic E-state index is -0.573. The molecule has 0 aliphatic carbocycles. The molecule has 0 heterocycles. The summed E-state index contributed by atoms with van der Waals surface area (Å²) in [7, 11) is 0. The van der Waals surface area contributed by atoms with E-state index in [1.807, 2.05) is 31.2 Å². The summed E-state index contributed by atoms with van der Waals surface area (Å²) in [6.07, 6.45) is 0. The molecule has 1 amide bonds. The zero-order chi connectivity index (χ0) is 18.2. The first-order chi connectivity index (χ1) is 11.9. The maximum Gasteiger partial charge on any atom is 0.316 e. The van der Waals surface area contributed by atoms with Gasteiger partial charge in [-0.15, -0.1) is 11.8 Å². The summed E-state index contributed by atoms with van der Waals surface area (Å²) in [6.45, 7) is 1.61. The van der Waals surface area contributed by atoms with Crippen molar-refractivity contribution in [2.75, 3.05) is 17.7 Å². The molecule has 0 aromatic heterocycles. The number of aryl methyl sites for hydroxylation is 1. The molecule has 0 radical (unpaired) electrons. The number of carbonyl (C=O) groups excluding carboxylic acids is 2. The second-order valence-electron chi connectivity index (χ2n) is 5.32. The number of carbonyl (C=O) groups is 2. The van der Waals surface area contributed by atoms with Crippen LogP contribution in [0.2, 0.25) is 5.02 Å². The Labute approximate surface area is 154 Å². The summed E-state index contributed by atoms with van der Waals surface area (Å²) < 4.78 is 17.9. The molecule has 0 spiro atoms. The Morgan fingerprint density at radius 1 is 1.20 bits per heavy atom. The molecule has 1 N–H and O–H groups in total. The minimum absolute atomic E-state index is 0.0951. The normalized spacial score (nSPS) is 10.4. The number of hydrogen-bond donors (Lipinski definition) is 1. The zero-order valence-electron chi connectivity index (χ0n) is 13.6. The lowest BCUT2D eigenvalue weighted by atomic mass is 10.2. The second kappa shape index (κ2) is 9.44. The third-order valence-corrected chi connectivity index (χ3v) is 4.44. The van der Waals surface area contributed by atoms with Gasteiger partial charge in [0.25, 0.3) is 5.91 Å². The second-order valence-corrected chi connectivity index (χ2v) is 6.71. The van der Waals surface area contributed by atoms with Gasteiger partial charge in [0.05, 0.1) is 10.8 Å². The summed E-state index contributed by atoms with van der Waals surface area (Å²) in [5, 5.41) is 2.38. The van der Waals surface area contributed by atoms with Crippen LogP contribution in [0.4, 0.5) is 10.1 Å². The molecule has 132 valence electrons. The molecule has 2 aromatic rings. The Balaban J connectivity index is 1.67. The van der Waals surface area contributed by atoms with Gasteiger partial charge in [0.1, 0.15) is 5.82 Å². The fourth-order valence-electron chi connectivity index (χ4n) is 1.90. The van der Waals surface area contributed by atoms with Crippen molar-refractivity contribution in [1.29, 1.82) is 0 Å². The lowest BCUT2D eigenvalue weighted by Crippen LogP contribution is -2.21. The Morgan fingerprint density at radius 3 is 2.60 bits per heavy atom. The summed E-state index contributed by atoms with van der Waals surface area (Å²) >= 11 is 7.04. The van der Waals surface area contributed by atoms with E-state index in [2.05, 4.69) is 5.32 Å². The summed E-state index contributed by atoms with van der Waals surface area (Å²) in [4.78, 5) is 23.4. The van der Waals surface area contributed by atoms with Gasteiger partial charge in [-0.1, -0.05) is 41.4 Å². The Kier molecular flexibility index (Phi) is 7.28. The van der Waals surface area contributed by atoms with Crippen molar-refractivity contribution in [3.05, 3.63) is 64.4 Å². The van der Waals surface area contributed by atoms with Crippen LogP contribution in [-0.4, -0.2) is 24.2 Å². The predicted molar refractivity (Wildman–Crippen MR) is 98.3 cm³/mol. The van der Waals surface area contributed by atoms with Gasteiger partial charge in [-0.25, -0.2) is 4.39 Å². The van der Waals surface area contributed by atoms with Crippen molar-refractivity contribution in [3.8, 4) is 0 Å². The molecule has 0 aliphatic heterocycles. The van der Waals surface area contributed by atoms with Crippen LogP contribution >= 0.6 is 23.4 Å². The van der Waals surface area contributed by atoms with Gasteiger partial charge in [0.2, 0.25) is 0 Å². The molecule has 7 heteroatoms. The molecular formula is C18H17ClFNO3S. The first-order valence-electron chi connectivity index (χ1n) is 7.48. The highest BCUT2D eigenvalue weighted by atomic mass is 35.5. The largest absolute Gasteiger partial charge is 0.455 e. The highest BCUT2D eigenvalue weighted by Gasteiger charge is 2.09. The first kappa shape index (κ1) is 19.3. The number of amides is 1. The fraction of sp³-hybridized carbons (Fsp3) is 0.222. The molecule has 25 heavy (non-hydrogen) atoms. The standard InChI is InChI=1S/C18H17ClFNO3S/c1-12-2-4-13(5-3-12)10-25-11-18(23)24-9-17(22)21-14-6-7-16(20)15(19)8-14/h2-8H,9-11H2,1H3,(H,21,22). The molecule has 0 atom stereocenters. The van der Waals surface area contributed by atoms with Gasteiger partial charge in [-0.3, -0.25) is 9.59 Å². The quantitative estimate of drug-likeness (QED) is 0.730. The summed E-state index contributed by atoms with van der Waals surface area (Å²) in [5.74, 6) is -0.709. The summed E-state index contributed by atoms with van der Waals surface area (Å²) in [6, 6.07) is 11.8. The minimum Gasteiger partial charge on any atom is -0.455 e. The van der Waals surface area contributed by atoms with E-state index in [1.54, 1.807) is 0 Å². The van der Waals surface area contributed by atoms with E-state index in [0.29, 0.717) is 11.4 Å². The molecule has 0 unspecified atom stereocenters. The predicted octanol–water partition coefficient (Wildman–Crippen LogP) is 4.20. The maximum atomic E-state index is 13.0. The van der Waals surface area contributed by atoms with Gasteiger partial charge in [0.15, 0.2) is 6.61 Å². The Bertz CT molecular complexity index is 752. The zero-order valence-corrected chi connectivity index (χ0v) is 15.1. The lowest BCUT2D eigenvalue weighted by molar-refractivity contribution is -0.144. The van der Waals surface area contributed by atoms with Crippen LogP contribution in [0.15, 0.2) is 42.5 Å². The van der Waals surface area contributed by atoms with E-state index < -0.39 is 24.3 Å². The average molecular weight is 382 g/mol. The van der Waals surface area contributed by atoms with Crippen LogP contribution in [0.1, 0.15) is 11.1 Å². The van der Waals surface area contributed by atoms with E-state index in [1.165, 1.54) is 29.5 Å². The van der Waals surface area contributed by atoms with E-state index >= 15 is 0 Å². The fourth-order valence-corrected chi connectivity index (χ4v) is 2.86. The molecule has 0 fully saturated rings. The van der Waals surface area contributed by atoms with Crippen molar-refractivity contribution < 1.29 is 18.7 Å². The topological polar surface area (TPSA) is 55.4 Å². The third-order valence-electron chi connectivity index (χ3n) is 3.18. The van der Waals surface area contributed by atoms with Gasteiger partial charge in [-0.2, -0.15) is 0 Å². The van der Waals surface area contributed by atoms with E-state index in [4.69, 9.17) is 16.3 Å². The van der Waals surface area contributed by atoms with Crippen molar-refractivity contribution in [2.24, 2.45) is 0 Å². The van der Waals surface area contributed by atoms with Gasteiger partial charge in [0, 0.05) is 11.4 Å². The highest BCUT2D eigenvalue weighted by Crippen LogP contribution is 2.19. The van der Waals surface area contributed by atoms with E-state index in [0.717, 1.165) is 11.6 Å². The third kappa shape index (κ3) is 6.76. The maximum absolute atomic E-state index is 13.0. The number of benzene rings is 2. The van der Waals surface area contributed by atoms with Crippen LogP contribution in [-0.2, 0) is 20.1 Å². The molecule has 2 aromatic carbocycles. The van der Waals surface area contributed by atoms with Gasteiger partial charge in [-0.05, 0) is 30.7 Å². The number of hydrogen-bond acceptors (Lipinski definition) is 4. The number of ether oxygens (including phenoxy) is 1. The van der Waals surface area contributed by atoms with Crippen molar-refractivity contribution >= 4 is 40.9 Å². The Morgan fingerprint density at radius 2 is 1.92 bits per heavy atom. The molecule has 0 bridgehead atoms. The number of halogens is 2. The molecule has 0 saturated heterocycles. The first-order valence-corrected chi connectivity index (χ1v) is 9.01. The van der Waals surface area contributed by atoms with E-state index in [9.17, 15) is 14.0 Å². The molecule has 2 rings (SSSR count). The molecular weight excluding hydrogens is 365 g/mol. The summed E-state index contributed by atoms with van der Waals surface area (Å²) in [5.41, 5.74) is 2.64. The average Bonchev–Trinajstić information content (AvgIpc) is 2.58. The van der Waals surface area contributed by atoms with Crippen molar-refractivity contribution in [2.45, 2.75) is 12.7 Å². The smallest absolute Gasteiger partial charge is 0.316 e. The Hall–Kier alpha value is -2.05. The monoisotopic (exact) mass is 381 g/mol. The van der Waals surface area contributed by atoms with E-state index in [-0.39, 0.29) is 10.8 Å². The number of nitrogens with one attached hydrogen (secondary N) is 1. The van der Waals surface area contributed by atoms with Gasteiger partial charge >= 0.3 is 5.97 Å². The van der Waals surface area contributed by atoms with Crippen LogP contribution in [0.5, 0.6) is 0 Å². The van der Waals surface area contributed by atoms with Crippen LogP contribution in [0, 0.1) is 12.7 Å². The SMILES string of the molecule is Cc1ccc(CSCC(=O)OCC(=O)Nc2ccc(F)c(Cl)c2)cc1. The van der Waals surface area contributed by atoms with Crippen molar-refractivity contribution in [1.82, 2.24) is 0 Å². The van der Waals surface area contributed by atoms with Gasteiger partial charge < -0.3 is 10.1 Å². The van der Waals surface area contributed by atoms with Crippen LogP contribution < -0.4 is 5.32 Å². The molecule has 0 aliphatic rings. The lowest BCUT2D eigenvalue weighted by Gasteiger charge is -2.07. The highest BCUT2D eigenvalue weighted by molar-refractivity contribution is 7.99. The van der Waals surface area contributed by atoms with Crippen LogP contribution in [0.25, 0.3) is 0 Å². The van der Waals surface area contributed by atoms with Crippen LogP contribution in [0.3, 0.4) is 0 Å². The number of rotatable bonds is 7. The number of anilines is 1. The molecule has 4 nitrogen and oxygen atoms in total. The van der Waals surface area contributed by atoms with Crippen molar-refractivity contribution in [3.63, 3.8) is 0 Å². The number of esters is 1.